The minimum atomic E-state index is -0.926. The van der Waals surface area contributed by atoms with Crippen LogP contribution >= 0.6 is 22.9 Å². The molecule has 3 heterocycles. The van der Waals surface area contributed by atoms with Gasteiger partial charge >= 0.3 is 5.97 Å². The number of ether oxygens (including phenoxy) is 3. The van der Waals surface area contributed by atoms with Gasteiger partial charge in [-0.05, 0) is 61.7 Å². The summed E-state index contributed by atoms with van der Waals surface area (Å²) in [5, 5.41) is 0.420. The van der Waals surface area contributed by atoms with Crippen LogP contribution in [0, 0.1) is 0 Å². The van der Waals surface area contributed by atoms with E-state index in [1.54, 1.807) is 43.3 Å². The zero-order valence-electron chi connectivity index (χ0n) is 25.4. The van der Waals surface area contributed by atoms with Gasteiger partial charge < -0.3 is 19.1 Å². The normalized spacial score (nSPS) is 16.2. The van der Waals surface area contributed by atoms with Gasteiger partial charge in [0.15, 0.2) is 11.4 Å². The molecule has 0 saturated carbocycles. The third-order valence-corrected chi connectivity index (χ3v) is 9.08. The Kier molecular flexibility index (Phi) is 9.37. The standard InChI is InChI=1S/C35H32ClN3O6S/c1-3-44-34(42)30-31(23-9-5-4-6-10-23)37-35-39(32(30)26-20-24(36)13-16-27(26)43-2)33(41)28(46-35)19-22-11-14-25(15-12-22)45-21-29(40)38-17-7-8-18-38/h4-6,9-16,19-20,32H,3,7-8,17-18,21H2,1-2H3/b28-19-/t32-/m1/s1. The number of hydrogen-bond donors (Lipinski definition) is 0. The van der Waals surface area contributed by atoms with E-state index in [0.717, 1.165) is 31.5 Å². The van der Waals surface area contributed by atoms with E-state index in [1.807, 2.05) is 47.4 Å². The van der Waals surface area contributed by atoms with E-state index in [2.05, 4.69) is 0 Å². The molecule has 6 rings (SSSR count). The van der Waals surface area contributed by atoms with E-state index in [4.69, 9.17) is 30.8 Å². The summed E-state index contributed by atoms with van der Waals surface area (Å²) in [6.07, 6.45) is 3.82. The smallest absolute Gasteiger partial charge is 0.338 e. The molecule has 0 unspecified atom stereocenters. The Morgan fingerprint density at radius 1 is 1.04 bits per heavy atom. The topological polar surface area (TPSA) is 99.4 Å². The Morgan fingerprint density at radius 3 is 2.48 bits per heavy atom. The molecule has 3 aromatic carbocycles. The van der Waals surface area contributed by atoms with Crippen LogP contribution in [0.3, 0.4) is 0 Å². The first-order chi connectivity index (χ1) is 22.4. The maximum Gasteiger partial charge on any atom is 0.338 e. The van der Waals surface area contributed by atoms with Gasteiger partial charge in [-0.3, -0.25) is 14.2 Å². The number of hydrogen-bond acceptors (Lipinski definition) is 8. The number of carbonyl (C=O) groups excluding carboxylic acids is 2. The summed E-state index contributed by atoms with van der Waals surface area (Å²) in [5.74, 6) is 0.403. The van der Waals surface area contributed by atoms with Gasteiger partial charge in [0, 0.05) is 29.2 Å². The predicted octanol–water partition coefficient (Wildman–Crippen LogP) is 4.60. The van der Waals surface area contributed by atoms with Crippen molar-refractivity contribution < 1.29 is 23.8 Å². The summed E-state index contributed by atoms with van der Waals surface area (Å²) in [7, 11) is 1.53. The van der Waals surface area contributed by atoms with Crippen molar-refractivity contribution in [1.29, 1.82) is 0 Å². The average Bonchev–Trinajstić information content (AvgIpc) is 3.72. The van der Waals surface area contributed by atoms with Crippen molar-refractivity contribution in [3.8, 4) is 11.5 Å². The number of fused-ring (bicyclic) bond motifs is 1. The van der Waals surface area contributed by atoms with E-state index < -0.39 is 12.0 Å². The van der Waals surface area contributed by atoms with Gasteiger partial charge in [-0.1, -0.05) is 65.4 Å². The summed E-state index contributed by atoms with van der Waals surface area (Å²) < 4.78 is 18.9. The molecular formula is C35H32ClN3O6S. The number of nitrogens with zero attached hydrogens (tertiary/aromatic N) is 3. The first kappa shape index (κ1) is 31.3. The lowest BCUT2D eigenvalue weighted by atomic mass is 9.92. The summed E-state index contributed by atoms with van der Waals surface area (Å²) >= 11 is 7.68. The molecule has 1 atom stereocenters. The van der Waals surface area contributed by atoms with Gasteiger partial charge in [0.05, 0.1) is 29.5 Å². The SMILES string of the molecule is CCOC(=O)C1=C(c2ccccc2)N=c2s/c(=C\c3ccc(OCC(=O)N4CCCC4)cc3)c(=O)n2[C@@H]1c1cc(Cl)ccc1OC. The van der Waals surface area contributed by atoms with Crippen LogP contribution in [-0.2, 0) is 14.3 Å². The fourth-order valence-electron chi connectivity index (χ4n) is 5.67. The van der Waals surface area contributed by atoms with E-state index in [1.165, 1.54) is 23.0 Å². The largest absolute Gasteiger partial charge is 0.496 e. The molecule has 9 nitrogen and oxygen atoms in total. The predicted molar refractivity (Wildman–Crippen MR) is 177 cm³/mol. The molecule has 0 bridgehead atoms. The summed E-state index contributed by atoms with van der Waals surface area (Å²) in [4.78, 5) is 47.4. The highest BCUT2D eigenvalue weighted by molar-refractivity contribution is 7.07. The molecule has 1 aromatic heterocycles. The lowest BCUT2D eigenvalue weighted by molar-refractivity contribution is -0.139. The third kappa shape index (κ3) is 6.36. The molecule has 2 aliphatic rings. The molecule has 11 heteroatoms. The fraction of sp³-hybridized carbons (Fsp3) is 0.257. The summed E-state index contributed by atoms with van der Waals surface area (Å²) in [5.41, 5.74) is 2.27. The second-order valence-corrected chi connectivity index (χ2v) is 12.2. The molecule has 46 heavy (non-hydrogen) atoms. The zero-order valence-corrected chi connectivity index (χ0v) is 27.0. The highest BCUT2D eigenvalue weighted by atomic mass is 35.5. The zero-order chi connectivity index (χ0) is 32.2. The van der Waals surface area contributed by atoms with E-state index in [0.29, 0.717) is 42.7 Å². The fourth-order valence-corrected chi connectivity index (χ4v) is 6.85. The molecule has 0 N–H and O–H groups in total. The van der Waals surface area contributed by atoms with Crippen LogP contribution in [0.25, 0.3) is 11.8 Å². The summed E-state index contributed by atoms with van der Waals surface area (Å²) in [6.45, 7) is 3.40. The molecule has 0 aliphatic carbocycles. The molecule has 1 amide bonds. The second kappa shape index (κ2) is 13.8. The molecule has 1 fully saturated rings. The minimum Gasteiger partial charge on any atom is -0.496 e. The van der Waals surface area contributed by atoms with Crippen LogP contribution < -0.4 is 24.4 Å². The maximum absolute atomic E-state index is 14.2. The van der Waals surface area contributed by atoms with Crippen molar-refractivity contribution in [2.24, 2.45) is 4.99 Å². The minimum absolute atomic E-state index is 0.0164. The number of benzene rings is 3. The Labute approximate surface area is 274 Å². The number of carbonyl (C=O) groups is 2. The first-order valence-corrected chi connectivity index (χ1v) is 16.2. The molecule has 1 saturated heterocycles. The Morgan fingerprint density at radius 2 is 1.78 bits per heavy atom. The van der Waals surface area contributed by atoms with E-state index in [-0.39, 0.29) is 30.3 Å². The molecular weight excluding hydrogens is 626 g/mol. The lowest BCUT2D eigenvalue weighted by Gasteiger charge is -2.27. The van der Waals surface area contributed by atoms with Crippen molar-refractivity contribution in [1.82, 2.24) is 9.47 Å². The van der Waals surface area contributed by atoms with Gasteiger partial charge in [0.2, 0.25) is 0 Å². The first-order valence-electron chi connectivity index (χ1n) is 15.0. The monoisotopic (exact) mass is 657 g/mol. The van der Waals surface area contributed by atoms with Gasteiger partial charge in [-0.15, -0.1) is 0 Å². The van der Waals surface area contributed by atoms with Gasteiger partial charge in [-0.2, -0.15) is 0 Å². The van der Waals surface area contributed by atoms with Crippen molar-refractivity contribution in [3.05, 3.63) is 120 Å². The highest BCUT2D eigenvalue weighted by Crippen LogP contribution is 2.39. The van der Waals surface area contributed by atoms with Crippen LogP contribution in [0.15, 0.2) is 88.2 Å². The number of esters is 1. The summed E-state index contributed by atoms with van der Waals surface area (Å²) in [6, 6.07) is 20.7. The molecule has 4 aromatic rings. The van der Waals surface area contributed by atoms with Crippen molar-refractivity contribution in [2.75, 3.05) is 33.4 Å². The van der Waals surface area contributed by atoms with Crippen LogP contribution in [0.4, 0.5) is 0 Å². The number of thiazole rings is 1. The highest BCUT2D eigenvalue weighted by Gasteiger charge is 2.37. The quantitative estimate of drug-likeness (QED) is 0.244. The third-order valence-electron chi connectivity index (χ3n) is 7.86. The maximum atomic E-state index is 14.2. The Hall–Kier alpha value is -4.67. The molecule has 236 valence electrons. The molecule has 0 radical (unpaired) electrons. The lowest BCUT2D eigenvalue weighted by Crippen LogP contribution is -2.40. The number of amides is 1. The number of rotatable bonds is 9. The number of likely N-dealkylation sites (tertiary alicyclic amines) is 1. The van der Waals surface area contributed by atoms with E-state index in [9.17, 15) is 14.4 Å². The van der Waals surface area contributed by atoms with Crippen molar-refractivity contribution in [3.63, 3.8) is 0 Å². The number of aromatic nitrogens is 1. The second-order valence-electron chi connectivity index (χ2n) is 10.8. The average molecular weight is 658 g/mol. The van der Waals surface area contributed by atoms with Gasteiger partial charge in [-0.25, -0.2) is 9.79 Å². The number of halogens is 1. The van der Waals surface area contributed by atoms with Crippen LogP contribution in [-0.4, -0.2) is 54.8 Å². The van der Waals surface area contributed by atoms with Crippen LogP contribution in [0.1, 0.15) is 42.5 Å². The van der Waals surface area contributed by atoms with Crippen molar-refractivity contribution >= 4 is 46.6 Å². The van der Waals surface area contributed by atoms with Gasteiger partial charge in [0.1, 0.15) is 17.5 Å². The molecule has 0 spiro atoms. The van der Waals surface area contributed by atoms with Gasteiger partial charge in [0.25, 0.3) is 11.5 Å². The van der Waals surface area contributed by atoms with Crippen molar-refractivity contribution in [2.45, 2.75) is 25.8 Å². The van der Waals surface area contributed by atoms with E-state index >= 15 is 0 Å². The van der Waals surface area contributed by atoms with Crippen LogP contribution in [0.5, 0.6) is 11.5 Å². The number of methoxy groups -OCH3 is 1. The van der Waals surface area contributed by atoms with Crippen LogP contribution in [0.2, 0.25) is 5.02 Å². The molecule has 2 aliphatic heterocycles. The Balaban J connectivity index is 1.45. The Bertz CT molecular complexity index is 1980.